The van der Waals surface area contributed by atoms with Crippen LogP contribution in [-0.4, -0.2) is 20.2 Å². The Balaban J connectivity index is 2.87. The zero-order chi connectivity index (χ0) is 13.5. The van der Waals surface area contributed by atoms with Crippen molar-refractivity contribution in [2.75, 3.05) is 14.2 Å². The van der Waals surface area contributed by atoms with Gasteiger partial charge in [0.15, 0.2) is 0 Å². The van der Waals surface area contributed by atoms with Crippen molar-refractivity contribution in [2.24, 2.45) is 0 Å². The molecule has 0 aliphatic carbocycles. The molecule has 0 saturated carbocycles. The fourth-order valence-electron chi connectivity index (χ4n) is 1.55. The highest BCUT2D eigenvalue weighted by Gasteiger charge is 2.06. The van der Waals surface area contributed by atoms with Crippen LogP contribution >= 0.6 is 0 Å². The molecule has 0 atom stereocenters. The molecule has 0 aliphatic rings. The SMILES string of the molecule is COc1ccc(OC)c(C/C(C)=C\OC(C)=O)c1. The Bertz CT molecular complexity index is 449. The molecule has 4 heteroatoms. The van der Waals surface area contributed by atoms with Gasteiger partial charge in [-0.1, -0.05) is 0 Å². The number of methoxy groups -OCH3 is 2. The van der Waals surface area contributed by atoms with Gasteiger partial charge in [0.1, 0.15) is 11.5 Å². The van der Waals surface area contributed by atoms with Gasteiger partial charge >= 0.3 is 5.97 Å². The van der Waals surface area contributed by atoms with E-state index in [0.717, 1.165) is 22.6 Å². The Labute approximate surface area is 107 Å². The predicted octanol–water partition coefficient (Wildman–Crippen LogP) is 2.71. The minimum absolute atomic E-state index is 0.327. The predicted molar refractivity (Wildman–Crippen MR) is 68.8 cm³/mol. The van der Waals surface area contributed by atoms with Crippen LogP contribution in [0.5, 0.6) is 11.5 Å². The lowest BCUT2D eigenvalue weighted by atomic mass is 10.1. The zero-order valence-electron chi connectivity index (χ0n) is 11.1. The quantitative estimate of drug-likeness (QED) is 0.595. The lowest BCUT2D eigenvalue weighted by Crippen LogP contribution is -1.97. The molecule has 0 spiro atoms. The normalized spacial score (nSPS) is 11.0. The molecule has 1 aromatic rings. The van der Waals surface area contributed by atoms with Crippen molar-refractivity contribution in [1.82, 2.24) is 0 Å². The molecular weight excluding hydrogens is 232 g/mol. The molecule has 0 heterocycles. The first-order chi connectivity index (χ1) is 8.56. The van der Waals surface area contributed by atoms with Crippen LogP contribution in [0.4, 0.5) is 0 Å². The highest BCUT2D eigenvalue weighted by atomic mass is 16.5. The van der Waals surface area contributed by atoms with Crippen LogP contribution in [0.1, 0.15) is 19.4 Å². The molecule has 98 valence electrons. The molecule has 1 rings (SSSR count). The van der Waals surface area contributed by atoms with Crippen LogP contribution in [0.3, 0.4) is 0 Å². The maximum absolute atomic E-state index is 10.7. The van der Waals surface area contributed by atoms with E-state index >= 15 is 0 Å². The summed E-state index contributed by atoms with van der Waals surface area (Å²) in [5.41, 5.74) is 1.91. The van der Waals surface area contributed by atoms with Gasteiger partial charge in [0, 0.05) is 18.9 Å². The summed E-state index contributed by atoms with van der Waals surface area (Å²) >= 11 is 0. The molecule has 0 unspecified atom stereocenters. The van der Waals surface area contributed by atoms with E-state index in [2.05, 4.69) is 0 Å². The zero-order valence-corrected chi connectivity index (χ0v) is 11.1. The first kappa shape index (κ1) is 14.1. The summed E-state index contributed by atoms with van der Waals surface area (Å²) in [6, 6.07) is 5.60. The van der Waals surface area contributed by atoms with Crippen LogP contribution in [0.15, 0.2) is 30.0 Å². The van der Waals surface area contributed by atoms with Gasteiger partial charge in [-0.2, -0.15) is 0 Å². The van der Waals surface area contributed by atoms with Crippen molar-refractivity contribution < 1.29 is 19.0 Å². The molecule has 0 amide bonds. The second-order valence-corrected chi connectivity index (χ2v) is 3.93. The van der Waals surface area contributed by atoms with Crippen LogP contribution < -0.4 is 9.47 Å². The highest BCUT2D eigenvalue weighted by Crippen LogP contribution is 2.26. The molecule has 0 radical (unpaired) electrons. The van der Waals surface area contributed by atoms with Crippen LogP contribution in [0.25, 0.3) is 0 Å². The number of rotatable bonds is 5. The summed E-state index contributed by atoms with van der Waals surface area (Å²) in [5.74, 6) is 1.23. The van der Waals surface area contributed by atoms with Crippen molar-refractivity contribution >= 4 is 5.97 Å². The number of ether oxygens (including phenoxy) is 3. The lowest BCUT2D eigenvalue weighted by Gasteiger charge is -2.10. The van der Waals surface area contributed by atoms with Gasteiger partial charge in [-0.25, -0.2) is 0 Å². The summed E-state index contributed by atoms with van der Waals surface area (Å²) in [6.07, 6.45) is 2.09. The minimum Gasteiger partial charge on any atom is -0.497 e. The Morgan fingerprint density at radius 1 is 1.22 bits per heavy atom. The number of benzene rings is 1. The van der Waals surface area contributed by atoms with Gasteiger partial charge in [-0.3, -0.25) is 4.79 Å². The summed E-state index contributed by atoms with van der Waals surface area (Å²) < 4.78 is 15.3. The van der Waals surface area contributed by atoms with E-state index in [4.69, 9.17) is 14.2 Å². The van der Waals surface area contributed by atoms with E-state index in [1.807, 2.05) is 25.1 Å². The monoisotopic (exact) mass is 250 g/mol. The Hall–Kier alpha value is -1.97. The maximum Gasteiger partial charge on any atom is 0.307 e. The second-order valence-electron chi connectivity index (χ2n) is 3.93. The Morgan fingerprint density at radius 3 is 2.50 bits per heavy atom. The second kappa shape index (κ2) is 6.69. The lowest BCUT2D eigenvalue weighted by molar-refractivity contribution is -0.135. The number of carbonyl (C=O) groups is 1. The van der Waals surface area contributed by atoms with E-state index in [1.165, 1.54) is 13.2 Å². The maximum atomic E-state index is 10.7. The number of hydrogen-bond donors (Lipinski definition) is 0. The van der Waals surface area contributed by atoms with Gasteiger partial charge in [0.25, 0.3) is 0 Å². The Kier molecular flexibility index (Phi) is 5.24. The summed E-state index contributed by atoms with van der Waals surface area (Å²) in [4.78, 5) is 10.7. The summed E-state index contributed by atoms with van der Waals surface area (Å²) in [5, 5.41) is 0. The number of esters is 1. The number of carbonyl (C=O) groups excluding carboxylic acids is 1. The van der Waals surface area contributed by atoms with Gasteiger partial charge in [0.05, 0.1) is 20.5 Å². The van der Waals surface area contributed by atoms with E-state index in [0.29, 0.717) is 6.42 Å². The number of allylic oxidation sites excluding steroid dienone is 1. The van der Waals surface area contributed by atoms with Crippen molar-refractivity contribution in [3.8, 4) is 11.5 Å². The molecule has 0 aromatic heterocycles. The average molecular weight is 250 g/mol. The fourth-order valence-corrected chi connectivity index (χ4v) is 1.55. The minimum atomic E-state index is -0.327. The fraction of sp³-hybridized carbons (Fsp3) is 0.357. The Morgan fingerprint density at radius 2 is 1.94 bits per heavy atom. The van der Waals surface area contributed by atoms with Crippen molar-refractivity contribution in [3.05, 3.63) is 35.6 Å². The average Bonchev–Trinajstić information content (AvgIpc) is 2.36. The molecule has 0 saturated heterocycles. The van der Waals surface area contributed by atoms with Crippen molar-refractivity contribution in [3.63, 3.8) is 0 Å². The molecule has 0 aliphatic heterocycles. The van der Waals surface area contributed by atoms with Crippen molar-refractivity contribution in [1.29, 1.82) is 0 Å². The van der Waals surface area contributed by atoms with Crippen LogP contribution in [0, 0.1) is 0 Å². The molecule has 1 aromatic carbocycles. The molecular formula is C14H18O4. The van der Waals surface area contributed by atoms with Gasteiger partial charge in [0.2, 0.25) is 0 Å². The molecule has 4 nitrogen and oxygen atoms in total. The van der Waals surface area contributed by atoms with E-state index < -0.39 is 0 Å². The van der Waals surface area contributed by atoms with E-state index in [9.17, 15) is 4.79 Å². The summed E-state index contributed by atoms with van der Waals surface area (Å²) in [6.45, 7) is 3.26. The largest absolute Gasteiger partial charge is 0.497 e. The van der Waals surface area contributed by atoms with Crippen molar-refractivity contribution in [2.45, 2.75) is 20.3 Å². The van der Waals surface area contributed by atoms with Crippen LogP contribution in [0.2, 0.25) is 0 Å². The first-order valence-electron chi connectivity index (χ1n) is 5.60. The first-order valence-corrected chi connectivity index (χ1v) is 5.60. The smallest absolute Gasteiger partial charge is 0.307 e. The van der Waals surface area contributed by atoms with E-state index in [1.54, 1.807) is 14.2 Å². The third kappa shape index (κ3) is 4.13. The molecule has 0 fully saturated rings. The summed E-state index contributed by atoms with van der Waals surface area (Å²) in [7, 11) is 3.24. The van der Waals surface area contributed by atoms with Crippen LogP contribution in [-0.2, 0) is 16.0 Å². The third-order valence-corrected chi connectivity index (χ3v) is 2.38. The molecule has 0 bridgehead atoms. The molecule has 18 heavy (non-hydrogen) atoms. The van der Waals surface area contributed by atoms with Gasteiger partial charge in [-0.05, 0) is 30.7 Å². The van der Waals surface area contributed by atoms with Gasteiger partial charge < -0.3 is 14.2 Å². The number of hydrogen-bond acceptors (Lipinski definition) is 4. The third-order valence-electron chi connectivity index (χ3n) is 2.38. The highest BCUT2D eigenvalue weighted by molar-refractivity contribution is 5.66. The standard InChI is InChI=1S/C14H18O4/c1-10(9-18-11(2)15)7-12-8-13(16-3)5-6-14(12)17-4/h5-6,8-9H,7H2,1-4H3/b10-9-. The topological polar surface area (TPSA) is 44.8 Å². The van der Waals surface area contributed by atoms with E-state index in [-0.39, 0.29) is 5.97 Å². The molecule has 0 N–H and O–H groups in total. The van der Waals surface area contributed by atoms with Gasteiger partial charge in [-0.15, -0.1) is 0 Å².